The minimum atomic E-state index is -1.02. The summed E-state index contributed by atoms with van der Waals surface area (Å²) in [7, 11) is 0. The number of rotatable bonds is 11. The molecule has 6 heteroatoms. The van der Waals surface area contributed by atoms with Crippen molar-refractivity contribution in [2.45, 2.75) is 76.5 Å². The van der Waals surface area contributed by atoms with E-state index in [0.29, 0.717) is 25.7 Å². The summed E-state index contributed by atoms with van der Waals surface area (Å²) in [5.41, 5.74) is 0. The highest BCUT2D eigenvalue weighted by Gasteiger charge is 2.35. The van der Waals surface area contributed by atoms with Gasteiger partial charge in [0.25, 0.3) is 0 Å². The van der Waals surface area contributed by atoms with Gasteiger partial charge in [-0.3, -0.25) is 4.79 Å². The maximum atomic E-state index is 10.5. The van der Waals surface area contributed by atoms with Gasteiger partial charge in [-0.25, -0.2) is 0 Å². The second kappa shape index (κ2) is 12.8. The molecule has 0 amide bonds. The number of carbonyl (C=O) groups is 1. The van der Waals surface area contributed by atoms with Crippen molar-refractivity contribution >= 4 is 5.97 Å². The van der Waals surface area contributed by atoms with Crippen molar-refractivity contribution in [1.29, 1.82) is 0 Å². The Morgan fingerprint density at radius 2 is 2.00 bits per heavy atom. The Kier molecular flexibility index (Phi) is 11.1. The molecule has 6 nitrogen and oxygen atoms in total. The molecule has 4 N–H and O–H groups in total. The molecule has 1 aliphatic rings. The predicted octanol–water partition coefficient (Wildman–Crippen LogP) is 2.55. The first-order valence-corrected chi connectivity index (χ1v) is 9.33. The van der Waals surface area contributed by atoms with Gasteiger partial charge in [-0.05, 0) is 32.1 Å². The molecule has 1 fully saturated rings. The summed E-state index contributed by atoms with van der Waals surface area (Å²) in [6.07, 6.45) is 11.8. The van der Waals surface area contributed by atoms with Gasteiger partial charge in [0.15, 0.2) is 6.29 Å². The predicted molar refractivity (Wildman–Crippen MR) is 99.4 cm³/mol. The molecule has 148 valence electrons. The van der Waals surface area contributed by atoms with Gasteiger partial charge in [0.1, 0.15) is 0 Å². The molecule has 0 saturated carbocycles. The summed E-state index contributed by atoms with van der Waals surface area (Å²) in [6.45, 7) is 2.02. The van der Waals surface area contributed by atoms with Gasteiger partial charge in [0.05, 0.1) is 18.3 Å². The average molecular weight is 368 g/mol. The van der Waals surface area contributed by atoms with Crippen molar-refractivity contribution in [1.82, 2.24) is 0 Å². The van der Waals surface area contributed by atoms with Crippen LogP contribution in [0.5, 0.6) is 0 Å². The number of carboxylic acids is 1. The lowest BCUT2D eigenvalue weighted by Gasteiger charge is -2.36. The molecule has 0 unspecified atom stereocenters. The van der Waals surface area contributed by atoms with Gasteiger partial charge >= 0.3 is 5.97 Å². The third-order valence-corrected chi connectivity index (χ3v) is 4.31. The summed E-state index contributed by atoms with van der Waals surface area (Å²) in [4.78, 5) is 10.5. The highest BCUT2D eigenvalue weighted by atomic mass is 16.6. The smallest absolute Gasteiger partial charge is 0.303 e. The summed E-state index contributed by atoms with van der Waals surface area (Å²) >= 11 is 0. The van der Waals surface area contributed by atoms with Crippen molar-refractivity contribution in [3.05, 3.63) is 36.5 Å². The lowest BCUT2D eigenvalue weighted by molar-refractivity contribution is -0.199. The Morgan fingerprint density at radius 3 is 2.69 bits per heavy atom. The van der Waals surface area contributed by atoms with Gasteiger partial charge < -0.3 is 25.2 Å². The van der Waals surface area contributed by atoms with Crippen LogP contribution >= 0.6 is 0 Å². The normalized spacial score (nSPS) is 28.3. The van der Waals surface area contributed by atoms with Gasteiger partial charge in [0, 0.05) is 18.8 Å². The van der Waals surface area contributed by atoms with E-state index in [-0.39, 0.29) is 18.8 Å². The fraction of sp³-hybridized carbons (Fsp3) is 0.650. The highest BCUT2D eigenvalue weighted by molar-refractivity contribution is 5.66. The van der Waals surface area contributed by atoms with Crippen LogP contribution < -0.4 is 0 Å². The first-order valence-electron chi connectivity index (χ1n) is 9.33. The van der Waals surface area contributed by atoms with Crippen LogP contribution in [0.15, 0.2) is 36.5 Å². The number of hydrogen-bond donors (Lipinski definition) is 4. The Morgan fingerprint density at radius 1 is 1.23 bits per heavy atom. The molecular formula is C20H32O6. The van der Waals surface area contributed by atoms with E-state index >= 15 is 0 Å². The van der Waals surface area contributed by atoms with Crippen LogP contribution in [0.4, 0.5) is 0 Å². The summed E-state index contributed by atoms with van der Waals surface area (Å²) in [6, 6.07) is 0. The van der Waals surface area contributed by atoms with Crippen molar-refractivity contribution in [2.24, 2.45) is 5.92 Å². The molecule has 0 radical (unpaired) electrons. The van der Waals surface area contributed by atoms with E-state index in [1.165, 1.54) is 0 Å². The van der Waals surface area contributed by atoms with E-state index in [0.717, 1.165) is 6.42 Å². The van der Waals surface area contributed by atoms with Crippen molar-refractivity contribution in [3.8, 4) is 0 Å². The first-order chi connectivity index (χ1) is 12.4. The topological polar surface area (TPSA) is 107 Å². The molecule has 1 rings (SSSR count). The molecule has 0 bridgehead atoms. The van der Waals surface area contributed by atoms with Gasteiger partial charge in [-0.15, -0.1) is 0 Å². The Hall–Kier alpha value is -1.47. The SMILES string of the molecule is CC/C=C/C[C@H](O)/C=C/[C@H]1O[C@H](O)C[C@H](O)[C@@H]1C/C=C/CCCC(=O)O. The zero-order valence-corrected chi connectivity index (χ0v) is 15.4. The van der Waals surface area contributed by atoms with Crippen LogP contribution in [0.3, 0.4) is 0 Å². The van der Waals surface area contributed by atoms with Crippen LogP contribution in [0, 0.1) is 5.92 Å². The number of carboxylic acid groups (broad SMARTS) is 1. The molecular weight excluding hydrogens is 336 g/mol. The molecule has 1 heterocycles. The molecule has 0 aliphatic carbocycles. The van der Waals surface area contributed by atoms with Gasteiger partial charge in [0.2, 0.25) is 0 Å². The van der Waals surface area contributed by atoms with E-state index in [9.17, 15) is 20.1 Å². The molecule has 5 atom stereocenters. The fourth-order valence-electron chi connectivity index (χ4n) is 2.88. The monoisotopic (exact) mass is 368 g/mol. The van der Waals surface area contributed by atoms with E-state index in [1.54, 1.807) is 12.2 Å². The fourth-order valence-corrected chi connectivity index (χ4v) is 2.88. The number of hydrogen-bond acceptors (Lipinski definition) is 5. The Bertz CT molecular complexity index is 485. The van der Waals surface area contributed by atoms with Crippen LogP contribution in [-0.2, 0) is 9.53 Å². The van der Waals surface area contributed by atoms with Crippen LogP contribution in [0.2, 0.25) is 0 Å². The van der Waals surface area contributed by atoms with Crippen LogP contribution in [0.25, 0.3) is 0 Å². The van der Waals surface area contributed by atoms with E-state index < -0.39 is 30.6 Å². The average Bonchev–Trinajstić information content (AvgIpc) is 2.57. The van der Waals surface area contributed by atoms with E-state index in [4.69, 9.17) is 9.84 Å². The Labute approximate surface area is 155 Å². The molecule has 0 aromatic heterocycles. The number of aliphatic hydroxyl groups excluding tert-OH is 3. The van der Waals surface area contributed by atoms with Crippen LogP contribution in [0.1, 0.15) is 51.9 Å². The largest absolute Gasteiger partial charge is 0.481 e. The van der Waals surface area contributed by atoms with E-state index in [1.807, 2.05) is 31.2 Å². The summed E-state index contributed by atoms with van der Waals surface area (Å²) in [5, 5.41) is 38.6. The molecule has 1 aliphatic heterocycles. The lowest BCUT2D eigenvalue weighted by atomic mass is 9.87. The van der Waals surface area contributed by atoms with Gasteiger partial charge in [-0.1, -0.05) is 43.4 Å². The zero-order chi connectivity index (χ0) is 19.4. The maximum absolute atomic E-state index is 10.5. The standard InChI is InChI=1S/C20H32O6/c1-2-3-6-9-15(21)12-13-18-16(17(22)14-20(25)26-18)10-7-4-5-8-11-19(23)24/h3-4,6-7,12-13,15-18,20-22,25H,2,5,8-11,14H2,1H3,(H,23,24)/b6-3+,7-4+,13-12+/t15-,16-,17-,18+,20-/m0/s1. The zero-order valence-electron chi connectivity index (χ0n) is 15.4. The van der Waals surface area contributed by atoms with E-state index in [2.05, 4.69) is 0 Å². The number of ether oxygens (including phenoxy) is 1. The summed E-state index contributed by atoms with van der Waals surface area (Å²) in [5.74, 6) is -1.02. The maximum Gasteiger partial charge on any atom is 0.303 e. The molecule has 0 aromatic carbocycles. The van der Waals surface area contributed by atoms with Crippen molar-refractivity contribution in [2.75, 3.05) is 0 Å². The summed E-state index contributed by atoms with van der Waals surface area (Å²) < 4.78 is 5.52. The second-order valence-electron chi connectivity index (χ2n) is 6.58. The lowest BCUT2D eigenvalue weighted by Crippen LogP contribution is -2.43. The molecule has 1 saturated heterocycles. The second-order valence-corrected chi connectivity index (χ2v) is 6.58. The number of aliphatic carboxylic acids is 1. The third-order valence-electron chi connectivity index (χ3n) is 4.31. The molecule has 0 aromatic rings. The number of unbranched alkanes of at least 4 members (excludes halogenated alkanes) is 1. The van der Waals surface area contributed by atoms with Crippen LogP contribution in [-0.4, -0.2) is 51.0 Å². The minimum Gasteiger partial charge on any atom is -0.481 e. The number of aliphatic hydroxyl groups is 3. The molecule has 26 heavy (non-hydrogen) atoms. The minimum absolute atomic E-state index is 0.140. The third kappa shape index (κ3) is 9.29. The van der Waals surface area contributed by atoms with Crippen molar-refractivity contribution < 1.29 is 30.0 Å². The highest BCUT2D eigenvalue weighted by Crippen LogP contribution is 2.29. The van der Waals surface area contributed by atoms with Gasteiger partial charge in [-0.2, -0.15) is 0 Å². The quantitative estimate of drug-likeness (QED) is 0.330. The van der Waals surface area contributed by atoms with Crippen molar-refractivity contribution in [3.63, 3.8) is 0 Å². The molecule has 0 spiro atoms. The number of allylic oxidation sites excluding steroid dienone is 3. The Balaban J connectivity index is 2.56. The first kappa shape index (κ1) is 22.6.